The van der Waals surface area contributed by atoms with Gasteiger partial charge in [0.15, 0.2) is 0 Å². The maximum Gasteiger partial charge on any atom is 0.0213 e. The molecule has 0 spiro atoms. The average Bonchev–Trinajstić information content (AvgIpc) is 2.30. The van der Waals surface area contributed by atoms with Crippen molar-refractivity contribution < 1.29 is 0 Å². The third kappa shape index (κ3) is 2.60. The highest BCUT2D eigenvalue weighted by molar-refractivity contribution is 5.25. The summed E-state index contributed by atoms with van der Waals surface area (Å²) in [5.41, 5.74) is 10.6. The van der Waals surface area contributed by atoms with E-state index in [-0.39, 0.29) is 6.04 Å². The minimum absolute atomic E-state index is 0.205. The second kappa shape index (κ2) is 4.80. The van der Waals surface area contributed by atoms with Gasteiger partial charge in [0.2, 0.25) is 0 Å². The highest BCUT2D eigenvalue weighted by atomic mass is 14.6. The van der Waals surface area contributed by atoms with Gasteiger partial charge < -0.3 is 0 Å². The normalized spacial score (nSPS) is 26.5. The molecule has 2 rings (SSSR count). The quantitative estimate of drug-likeness (QED) is 0.700. The van der Waals surface area contributed by atoms with Gasteiger partial charge in [-0.25, -0.2) is 0 Å². The van der Waals surface area contributed by atoms with E-state index in [1.54, 1.807) is 0 Å². The van der Waals surface area contributed by atoms with E-state index >= 15 is 0 Å². The van der Waals surface area contributed by atoms with Crippen molar-refractivity contribution in [3.63, 3.8) is 0 Å². The van der Waals surface area contributed by atoms with Crippen LogP contribution in [0.15, 0.2) is 24.3 Å². The van der Waals surface area contributed by atoms with Crippen LogP contribution in [-0.2, 0) is 6.42 Å². The molecule has 1 aliphatic rings. The first-order chi connectivity index (χ1) is 7.29. The van der Waals surface area contributed by atoms with Crippen molar-refractivity contribution in [3.8, 4) is 0 Å². The largest absolute Gasteiger partial charge is 0.255 e. The van der Waals surface area contributed by atoms with Gasteiger partial charge in [0, 0.05) is 6.04 Å². The van der Waals surface area contributed by atoms with E-state index < -0.39 is 0 Å². The van der Waals surface area contributed by atoms with Gasteiger partial charge in [-0.2, -0.15) is 0 Å². The lowest BCUT2D eigenvalue weighted by Crippen LogP contribution is -2.18. The van der Waals surface area contributed by atoms with Crippen LogP contribution in [0.4, 0.5) is 0 Å². The molecule has 1 saturated carbocycles. The lowest BCUT2D eigenvalue weighted by atomic mass is 9.82. The summed E-state index contributed by atoms with van der Waals surface area (Å²) >= 11 is 0. The fourth-order valence-corrected chi connectivity index (χ4v) is 2.45. The standard InChI is InChI=1S/C14H20N/c1-2-11-3-5-12(6-4-11)13-7-9-14(15)10-8-13/h3-6,13-15H,2,7-10H2,1H3/t13-,14+. The molecule has 15 heavy (non-hydrogen) atoms. The lowest BCUT2D eigenvalue weighted by molar-refractivity contribution is 0.388. The summed E-state index contributed by atoms with van der Waals surface area (Å²) < 4.78 is 0. The maximum atomic E-state index is 7.69. The second-order valence-electron chi connectivity index (χ2n) is 4.64. The first-order valence-electron chi connectivity index (χ1n) is 6.09. The zero-order chi connectivity index (χ0) is 10.7. The molecule has 1 fully saturated rings. The molecule has 1 aromatic carbocycles. The first-order valence-corrected chi connectivity index (χ1v) is 6.09. The number of hydrogen-bond donors (Lipinski definition) is 0. The molecule has 0 bridgehead atoms. The van der Waals surface area contributed by atoms with Gasteiger partial charge in [0.25, 0.3) is 0 Å². The van der Waals surface area contributed by atoms with Gasteiger partial charge in [-0.1, -0.05) is 31.2 Å². The van der Waals surface area contributed by atoms with Crippen LogP contribution in [0.1, 0.15) is 49.7 Å². The smallest absolute Gasteiger partial charge is 0.0213 e. The second-order valence-corrected chi connectivity index (χ2v) is 4.64. The minimum Gasteiger partial charge on any atom is -0.255 e. The van der Waals surface area contributed by atoms with Crippen molar-refractivity contribution in [1.82, 2.24) is 5.73 Å². The fourth-order valence-electron chi connectivity index (χ4n) is 2.45. The molecule has 0 atom stereocenters. The number of benzene rings is 1. The summed E-state index contributed by atoms with van der Waals surface area (Å²) in [7, 11) is 0. The molecule has 1 aromatic rings. The summed E-state index contributed by atoms with van der Waals surface area (Å²) in [6.45, 7) is 2.19. The Kier molecular flexibility index (Phi) is 3.42. The van der Waals surface area contributed by atoms with E-state index in [1.165, 1.54) is 24.0 Å². The monoisotopic (exact) mass is 202 g/mol. The van der Waals surface area contributed by atoms with Crippen LogP contribution in [0.5, 0.6) is 0 Å². The zero-order valence-electron chi connectivity index (χ0n) is 9.50. The molecular formula is C14H20N. The van der Waals surface area contributed by atoms with Crippen molar-refractivity contribution in [1.29, 1.82) is 0 Å². The Hall–Kier alpha value is -0.820. The third-order valence-corrected chi connectivity index (χ3v) is 3.59. The highest BCUT2D eigenvalue weighted by Crippen LogP contribution is 2.32. The molecule has 0 heterocycles. The molecule has 0 saturated heterocycles. The Bertz CT molecular complexity index is 294. The fraction of sp³-hybridized carbons (Fsp3) is 0.571. The Morgan fingerprint density at radius 3 is 2.20 bits per heavy atom. The molecule has 1 heteroatoms. The Morgan fingerprint density at radius 1 is 1.07 bits per heavy atom. The lowest BCUT2D eigenvalue weighted by Gasteiger charge is -2.25. The Balaban J connectivity index is 2.03. The number of aryl methyl sites for hydroxylation is 1. The average molecular weight is 202 g/mol. The van der Waals surface area contributed by atoms with Crippen LogP contribution in [0.3, 0.4) is 0 Å². The summed E-state index contributed by atoms with van der Waals surface area (Å²) in [4.78, 5) is 0. The minimum atomic E-state index is 0.205. The molecule has 0 amide bonds. The Labute approximate surface area is 92.7 Å². The van der Waals surface area contributed by atoms with E-state index in [2.05, 4.69) is 31.2 Å². The topological polar surface area (TPSA) is 23.8 Å². The number of nitrogens with one attached hydrogen (secondary N) is 1. The zero-order valence-corrected chi connectivity index (χ0v) is 9.50. The molecule has 1 aliphatic carbocycles. The SMILES string of the molecule is CCc1ccc([C@H]2CC[C@@H]([NH])CC2)cc1. The molecular weight excluding hydrogens is 182 g/mol. The first kappa shape index (κ1) is 10.7. The van der Waals surface area contributed by atoms with E-state index in [4.69, 9.17) is 5.73 Å². The summed E-state index contributed by atoms with van der Waals surface area (Å²) in [6.07, 6.45) is 5.71. The number of hydrogen-bond acceptors (Lipinski definition) is 0. The van der Waals surface area contributed by atoms with Gasteiger partial charge in [-0.15, -0.1) is 0 Å². The Morgan fingerprint density at radius 2 is 1.67 bits per heavy atom. The molecule has 81 valence electrons. The van der Waals surface area contributed by atoms with Crippen molar-refractivity contribution >= 4 is 0 Å². The molecule has 0 aromatic heterocycles. The van der Waals surface area contributed by atoms with Crippen molar-refractivity contribution in [3.05, 3.63) is 35.4 Å². The van der Waals surface area contributed by atoms with Gasteiger partial charge in [-0.05, 0) is 49.1 Å². The maximum absolute atomic E-state index is 7.69. The predicted molar refractivity (Wildman–Crippen MR) is 63.9 cm³/mol. The molecule has 1 radical (unpaired) electrons. The van der Waals surface area contributed by atoms with E-state index in [0.29, 0.717) is 0 Å². The molecule has 1 nitrogen and oxygen atoms in total. The van der Waals surface area contributed by atoms with Crippen LogP contribution in [0, 0.1) is 0 Å². The summed E-state index contributed by atoms with van der Waals surface area (Å²) in [5, 5.41) is 0. The van der Waals surface area contributed by atoms with Crippen LogP contribution < -0.4 is 5.73 Å². The predicted octanol–water partition coefficient (Wildman–Crippen LogP) is 3.56. The molecule has 0 aliphatic heterocycles. The van der Waals surface area contributed by atoms with Crippen LogP contribution in [0.25, 0.3) is 0 Å². The molecule has 1 N–H and O–H groups in total. The van der Waals surface area contributed by atoms with Crippen molar-refractivity contribution in [2.75, 3.05) is 0 Å². The molecule has 0 unspecified atom stereocenters. The van der Waals surface area contributed by atoms with Crippen molar-refractivity contribution in [2.24, 2.45) is 0 Å². The van der Waals surface area contributed by atoms with E-state index in [1.807, 2.05) is 0 Å². The highest BCUT2D eigenvalue weighted by Gasteiger charge is 2.19. The van der Waals surface area contributed by atoms with Gasteiger partial charge in [0.05, 0.1) is 0 Å². The van der Waals surface area contributed by atoms with Crippen LogP contribution >= 0.6 is 0 Å². The summed E-state index contributed by atoms with van der Waals surface area (Å²) in [5.74, 6) is 0.720. The van der Waals surface area contributed by atoms with Gasteiger partial charge >= 0.3 is 0 Å². The van der Waals surface area contributed by atoms with Crippen molar-refractivity contribution in [2.45, 2.75) is 51.0 Å². The van der Waals surface area contributed by atoms with E-state index in [0.717, 1.165) is 25.2 Å². The summed E-state index contributed by atoms with van der Waals surface area (Å²) in [6, 6.07) is 9.28. The van der Waals surface area contributed by atoms with Crippen LogP contribution in [0.2, 0.25) is 0 Å². The van der Waals surface area contributed by atoms with Crippen LogP contribution in [-0.4, -0.2) is 6.04 Å². The van der Waals surface area contributed by atoms with Gasteiger partial charge in [0.1, 0.15) is 0 Å². The van der Waals surface area contributed by atoms with Gasteiger partial charge in [-0.3, -0.25) is 5.73 Å². The van der Waals surface area contributed by atoms with E-state index in [9.17, 15) is 0 Å². The number of rotatable bonds is 2. The third-order valence-electron chi connectivity index (χ3n) is 3.59.